The Morgan fingerprint density at radius 2 is 1.75 bits per heavy atom. The highest BCUT2D eigenvalue weighted by atomic mass is 35.5. The number of hydrogen-bond acceptors (Lipinski definition) is 2. The molecule has 2 aromatic carbocycles. The van der Waals surface area contributed by atoms with Crippen molar-refractivity contribution >= 4 is 40.5 Å². The van der Waals surface area contributed by atoms with E-state index in [0.717, 1.165) is 12.1 Å². The lowest BCUT2D eigenvalue weighted by molar-refractivity contribution is 0.102. The molecule has 2 aromatic rings. The van der Waals surface area contributed by atoms with Crippen molar-refractivity contribution in [3.8, 4) is 0 Å². The normalized spacial score (nSPS) is 10.4. The molecular weight excluding hydrogens is 309 g/mol. The molecule has 0 aliphatic carbocycles. The van der Waals surface area contributed by atoms with Crippen molar-refractivity contribution in [1.29, 1.82) is 0 Å². The van der Waals surface area contributed by atoms with Gasteiger partial charge in [0, 0.05) is 0 Å². The van der Waals surface area contributed by atoms with Crippen LogP contribution < -0.4 is 11.1 Å². The number of anilines is 2. The average molecular weight is 317 g/mol. The number of nitrogens with one attached hydrogen (secondary N) is 1. The third-order valence-corrected chi connectivity index (χ3v) is 3.14. The predicted molar refractivity (Wildman–Crippen MR) is 75.2 cm³/mol. The summed E-state index contributed by atoms with van der Waals surface area (Å²) in [7, 11) is 0. The minimum Gasteiger partial charge on any atom is -0.396 e. The molecule has 0 radical (unpaired) electrons. The first-order chi connectivity index (χ1) is 9.40. The maximum Gasteiger partial charge on any atom is 0.258 e. The Labute approximate surface area is 123 Å². The fraction of sp³-hybridized carbons (Fsp3) is 0. The van der Waals surface area contributed by atoms with Gasteiger partial charge in [-0.1, -0.05) is 29.3 Å². The van der Waals surface area contributed by atoms with Crippen LogP contribution in [0, 0.1) is 11.6 Å². The highest BCUT2D eigenvalue weighted by Crippen LogP contribution is 2.30. The summed E-state index contributed by atoms with van der Waals surface area (Å²) < 4.78 is 26.9. The summed E-state index contributed by atoms with van der Waals surface area (Å²) in [5.41, 5.74) is 4.39. The van der Waals surface area contributed by atoms with Crippen molar-refractivity contribution in [3.63, 3.8) is 0 Å². The van der Waals surface area contributed by atoms with Crippen molar-refractivity contribution in [2.45, 2.75) is 0 Å². The number of halogens is 4. The van der Waals surface area contributed by atoms with Crippen LogP contribution in [0.2, 0.25) is 10.0 Å². The van der Waals surface area contributed by atoms with E-state index >= 15 is 0 Å². The van der Waals surface area contributed by atoms with Gasteiger partial charge in [0.05, 0.1) is 27.0 Å². The Balaban J connectivity index is 2.39. The molecule has 0 unspecified atom stereocenters. The third kappa shape index (κ3) is 2.84. The first kappa shape index (κ1) is 14.6. The number of carbonyl (C=O) groups excluding carboxylic acids is 1. The third-order valence-electron chi connectivity index (χ3n) is 2.51. The number of amides is 1. The van der Waals surface area contributed by atoms with Gasteiger partial charge < -0.3 is 11.1 Å². The molecule has 1 amide bonds. The minimum atomic E-state index is -1.01. The molecule has 0 aliphatic heterocycles. The zero-order chi connectivity index (χ0) is 14.9. The van der Waals surface area contributed by atoms with Gasteiger partial charge in [-0.2, -0.15) is 0 Å². The molecule has 2 rings (SSSR count). The second kappa shape index (κ2) is 5.64. The number of para-hydroxylation sites is 1. The van der Waals surface area contributed by atoms with Crippen molar-refractivity contribution < 1.29 is 13.6 Å². The fourth-order valence-electron chi connectivity index (χ4n) is 1.57. The molecule has 0 heterocycles. The molecule has 0 aromatic heterocycles. The summed E-state index contributed by atoms with van der Waals surface area (Å²) >= 11 is 11.7. The number of hydrogen-bond donors (Lipinski definition) is 2. The molecule has 3 nitrogen and oxygen atoms in total. The van der Waals surface area contributed by atoms with Crippen LogP contribution in [0.4, 0.5) is 20.2 Å². The largest absolute Gasteiger partial charge is 0.396 e. The number of nitrogen functional groups attached to an aromatic ring is 1. The highest BCUT2D eigenvalue weighted by molar-refractivity contribution is 6.40. The maximum atomic E-state index is 13.7. The summed E-state index contributed by atoms with van der Waals surface area (Å²) in [6.45, 7) is 0. The minimum absolute atomic E-state index is 0.114. The number of carbonyl (C=O) groups is 1. The van der Waals surface area contributed by atoms with Gasteiger partial charge in [0.25, 0.3) is 5.91 Å². The van der Waals surface area contributed by atoms with Gasteiger partial charge in [0.1, 0.15) is 5.82 Å². The molecule has 0 fully saturated rings. The van der Waals surface area contributed by atoms with E-state index in [1.807, 2.05) is 0 Å². The summed E-state index contributed by atoms with van der Waals surface area (Å²) in [5.74, 6) is -2.73. The van der Waals surface area contributed by atoms with E-state index in [9.17, 15) is 13.6 Å². The van der Waals surface area contributed by atoms with E-state index in [1.54, 1.807) is 6.07 Å². The van der Waals surface area contributed by atoms with Crippen LogP contribution in [0.15, 0.2) is 30.3 Å². The molecule has 3 N–H and O–H groups in total. The molecular formula is C13H8Cl2F2N2O. The first-order valence-electron chi connectivity index (χ1n) is 5.40. The van der Waals surface area contributed by atoms with Gasteiger partial charge in [-0.05, 0) is 24.3 Å². The number of benzene rings is 2. The summed E-state index contributed by atoms with van der Waals surface area (Å²) in [5, 5.41) is 2.68. The van der Waals surface area contributed by atoms with Crippen LogP contribution in [-0.4, -0.2) is 5.91 Å². The summed E-state index contributed by atoms with van der Waals surface area (Å²) in [4.78, 5) is 12.0. The van der Waals surface area contributed by atoms with E-state index in [2.05, 4.69) is 5.32 Å². The van der Waals surface area contributed by atoms with Gasteiger partial charge in [-0.15, -0.1) is 0 Å². The predicted octanol–water partition coefficient (Wildman–Crippen LogP) is 4.11. The standard InChI is InChI=1S/C13H8Cl2F2N2O/c14-8-2-1-3-9(15)12(8)19-13(20)7-4-6(16)5-10(18)11(7)17/h1-5H,18H2,(H,19,20). The van der Waals surface area contributed by atoms with E-state index in [0.29, 0.717) is 0 Å². The van der Waals surface area contributed by atoms with Crippen molar-refractivity contribution in [2.75, 3.05) is 11.1 Å². The van der Waals surface area contributed by atoms with Gasteiger partial charge in [0.2, 0.25) is 0 Å². The molecule has 0 saturated carbocycles. The molecule has 0 saturated heterocycles. The fourth-order valence-corrected chi connectivity index (χ4v) is 2.07. The second-order valence-electron chi connectivity index (χ2n) is 3.91. The van der Waals surface area contributed by atoms with E-state index in [1.165, 1.54) is 12.1 Å². The van der Waals surface area contributed by atoms with Crippen LogP contribution in [-0.2, 0) is 0 Å². The van der Waals surface area contributed by atoms with Gasteiger partial charge in [-0.3, -0.25) is 4.79 Å². The average Bonchev–Trinajstić information content (AvgIpc) is 2.38. The lowest BCUT2D eigenvalue weighted by atomic mass is 10.1. The van der Waals surface area contributed by atoms with Gasteiger partial charge >= 0.3 is 0 Å². The monoisotopic (exact) mass is 316 g/mol. The summed E-state index contributed by atoms with van der Waals surface area (Å²) in [6, 6.07) is 6.11. The first-order valence-corrected chi connectivity index (χ1v) is 6.15. The van der Waals surface area contributed by atoms with Crippen molar-refractivity contribution in [1.82, 2.24) is 0 Å². The lowest BCUT2D eigenvalue weighted by Gasteiger charge is -2.10. The zero-order valence-electron chi connectivity index (χ0n) is 9.88. The zero-order valence-corrected chi connectivity index (χ0v) is 11.4. The smallest absolute Gasteiger partial charge is 0.258 e. The van der Waals surface area contributed by atoms with E-state index < -0.39 is 28.8 Å². The Morgan fingerprint density at radius 3 is 2.35 bits per heavy atom. The van der Waals surface area contributed by atoms with E-state index in [-0.39, 0.29) is 15.7 Å². The Kier molecular flexibility index (Phi) is 4.11. The summed E-state index contributed by atoms with van der Waals surface area (Å²) in [6.07, 6.45) is 0. The quantitative estimate of drug-likeness (QED) is 0.819. The van der Waals surface area contributed by atoms with Crippen LogP contribution in [0.3, 0.4) is 0 Å². The second-order valence-corrected chi connectivity index (χ2v) is 4.72. The van der Waals surface area contributed by atoms with Gasteiger partial charge in [0.15, 0.2) is 5.82 Å². The lowest BCUT2D eigenvalue weighted by Crippen LogP contribution is -2.15. The van der Waals surface area contributed by atoms with E-state index in [4.69, 9.17) is 28.9 Å². The van der Waals surface area contributed by atoms with Crippen molar-refractivity contribution in [2.24, 2.45) is 0 Å². The molecule has 7 heteroatoms. The van der Waals surface area contributed by atoms with Crippen LogP contribution >= 0.6 is 23.2 Å². The Bertz CT molecular complexity index is 672. The molecule has 0 spiro atoms. The Morgan fingerprint density at radius 1 is 1.15 bits per heavy atom. The van der Waals surface area contributed by atoms with Crippen LogP contribution in [0.5, 0.6) is 0 Å². The SMILES string of the molecule is Nc1cc(F)cc(C(=O)Nc2c(Cl)cccc2Cl)c1F. The highest BCUT2D eigenvalue weighted by Gasteiger charge is 2.18. The van der Waals surface area contributed by atoms with Gasteiger partial charge in [-0.25, -0.2) is 8.78 Å². The van der Waals surface area contributed by atoms with Crippen molar-refractivity contribution in [3.05, 3.63) is 57.6 Å². The molecule has 0 bridgehead atoms. The molecule has 0 aliphatic rings. The topological polar surface area (TPSA) is 55.1 Å². The van der Waals surface area contributed by atoms with Crippen LogP contribution in [0.1, 0.15) is 10.4 Å². The molecule has 20 heavy (non-hydrogen) atoms. The maximum absolute atomic E-state index is 13.7. The number of rotatable bonds is 2. The Hall–Kier alpha value is -1.85. The number of nitrogens with two attached hydrogens (primary N) is 1. The van der Waals surface area contributed by atoms with Crippen LogP contribution in [0.25, 0.3) is 0 Å². The molecule has 104 valence electrons. The molecule has 0 atom stereocenters.